The predicted octanol–water partition coefficient (Wildman–Crippen LogP) is 3.51. The third kappa shape index (κ3) is 4.14. The summed E-state index contributed by atoms with van der Waals surface area (Å²) in [7, 11) is 1.69. The Morgan fingerprint density at radius 2 is 1.82 bits per heavy atom. The van der Waals surface area contributed by atoms with Gasteiger partial charge in [0.25, 0.3) is 0 Å². The van der Waals surface area contributed by atoms with Gasteiger partial charge >= 0.3 is 0 Å². The summed E-state index contributed by atoms with van der Waals surface area (Å²) in [4.78, 5) is 0. The zero-order valence-electron chi connectivity index (χ0n) is 10.5. The lowest BCUT2D eigenvalue weighted by atomic mass is 9.84. The first-order valence-electron chi connectivity index (χ1n) is 5.63. The molecule has 0 saturated carbocycles. The molecule has 2 nitrogen and oxygen atoms in total. The van der Waals surface area contributed by atoms with Crippen LogP contribution in [0, 0.1) is 0 Å². The van der Waals surface area contributed by atoms with Crippen molar-refractivity contribution in [2.45, 2.75) is 19.3 Å². The van der Waals surface area contributed by atoms with E-state index in [-0.39, 0.29) is 5.41 Å². The van der Waals surface area contributed by atoms with Crippen molar-refractivity contribution in [2.24, 2.45) is 0 Å². The summed E-state index contributed by atoms with van der Waals surface area (Å²) in [5.74, 6) is 0. The third-order valence-electron chi connectivity index (χ3n) is 2.69. The normalized spacial score (nSPS) is 11.8. The van der Waals surface area contributed by atoms with Crippen LogP contribution in [0.15, 0.2) is 18.2 Å². The molecule has 1 rings (SSSR count). The van der Waals surface area contributed by atoms with Crippen LogP contribution >= 0.6 is 23.2 Å². The fraction of sp³-hybridized carbons (Fsp3) is 0.538. The molecular weight excluding hydrogens is 257 g/mol. The molecule has 1 aromatic carbocycles. The van der Waals surface area contributed by atoms with Gasteiger partial charge in [0, 0.05) is 35.7 Å². The Labute approximate surface area is 113 Å². The van der Waals surface area contributed by atoms with Gasteiger partial charge in [0.1, 0.15) is 0 Å². The zero-order chi connectivity index (χ0) is 12.9. The van der Waals surface area contributed by atoms with Crippen molar-refractivity contribution in [1.29, 1.82) is 0 Å². The second-order valence-electron chi connectivity index (χ2n) is 4.65. The van der Waals surface area contributed by atoms with Gasteiger partial charge in [0.2, 0.25) is 0 Å². The molecule has 4 heteroatoms. The van der Waals surface area contributed by atoms with Gasteiger partial charge in [-0.2, -0.15) is 0 Å². The van der Waals surface area contributed by atoms with E-state index < -0.39 is 0 Å². The highest BCUT2D eigenvalue weighted by atomic mass is 35.5. The highest BCUT2D eigenvalue weighted by Crippen LogP contribution is 2.35. The molecule has 0 spiro atoms. The summed E-state index contributed by atoms with van der Waals surface area (Å²) in [5.41, 5.74) is 0.886. The van der Waals surface area contributed by atoms with Crippen molar-refractivity contribution in [3.8, 4) is 0 Å². The number of nitrogens with one attached hydrogen (secondary N) is 1. The molecule has 17 heavy (non-hydrogen) atoms. The van der Waals surface area contributed by atoms with Crippen LogP contribution in [0.25, 0.3) is 0 Å². The van der Waals surface area contributed by atoms with Gasteiger partial charge in [0.15, 0.2) is 0 Å². The second kappa shape index (κ2) is 6.60. The lowest BCUT2D eigenvalue weighted by Crippen LogP contribution is -2.35. The molecule has 0 atom stereocenters. The minimum atomic E-state index is -0.108. The molecular formula is C13H19Cl2NO. The molecule has 0 radical (unpaired) electrons. The first kappa shape index (κ1) is 14.8. The van der Waals surface area contributed by atoms with Crippen LogP contribution in [0.2, 0.25) is 10.0 Å². The van der Waals surface area contributed by atoms with Crippen molar-refractivity contribution in [1.82, 2.24) is 5.32 Å². The Bertz CT molecular complexity index is 346. The zero-order valence-corrected chi connectivity index (χ0v) is 12.0. The first-order chi connectivity index (χ1) is 7.99. The number of methoxy groups -OCH3 is 1. The molecule has 1 N–H and O–H groups in total. The van der Waals surface area contributed by atoms with Gasteiger partial charge in [-0.05, 0) is 17.7 Å². The van der Waals surface area contributed by atoms with Gasteiger partial charge in [-0.15, -0.1) is 0 Å². The van der Waals surface area contributed by atoms with Crippen LogP contribution in [-0.4, -0.2) is 26.8 Å². The molecule has 0 heterocycles. The van der Waals surface area contributed by atoms with Crippen molar-refractivity contribution in [2.75, 3.05) is 26.8 Å². The van der Waals surface area contributed by atoms with E-state index in [9.17, 15) is 0 Å². The van der Waals surface area contributed by atoms with Crippen LogP contribution in [0.5, 0.6) is 0 Å². The maximum Gasteiger partial charge on any atom is 0.0587 e. The molecule has 0 aliphatic rings. The van der Waals surface area contributed by atoms with Gasteiger partial charge in [-0.1, -0.05) is 43.1 Å². The number of benzene rings is 1. The lowest BCUT2D eigenvalue weighted by Gasteiger charge is -2.27. The van der Waals surface area contributed by atoms with Crippen molar-refractivity contribution < 1.29 is 4.74 Å². The Morgan fingerprint density at radius 3 is 2.35 bits per heavy atom. The number of ether oxygens (including phenoxy) is 1. The largest absolute Gasteiger partial charge is 0.383 e. The Hall–Kier alpha value is -0.280. The topological polar surface area (TPSA) is 21.3 Å². The van der Waals surface area contributed by atoms with Gasteiger partial charge in [-0.3, -0.25) is 0 Å². The van der Waals surface area contributed by atoms with Crippen LogP contribution in [0.3, 0.4) is 0 Å². The average Bonchev–Trinajstić information content (AvgIpc) is 2.24. The molecule has 0 aromatic heterocycles. The minimum Gasteiger partial charge on any atom is -0.383 e. The molecule has 0 bridgehead atoms. The highest BCUT2D eigenvalue weighted by Gasteiger charge is 2.25. The maximum absolute atomic E-state index is 6.22. The Kier molecular flexibility index (Phi) is 5.74. The van der Waals surface area contributed by atoms with Crippen molar-refractivity contribution in [3.05, 3.63) is 33.8 Å². The molecule has 0 aliphatic carbocycles. The fourth-order valence-corrected chi connectivity index (χ4v) is 2.72. The van der Waals surface area contributed by atoms with Crippen molar-refractivity contribution >= 4 is 23.2 Å². The van der Waals surface area contributed by atoms with Crippen molar-refractivity contribution in [3.63, 3.8) is 0 Å². The van der Waals surface area contributed by atoms with Crippen LogP contribution in [0.4, 0.5) is 0 Å². The fourth-order valence-electron chi connectivity index (χ4n) is 1.81. The Morgan fingerprint density at radius 1 is 1.24 bits per heavy atom. The minimum absolute atomic E-state index is 0.108. The predicted molar refractivity (Wildman–Crippen MR) is 74.2 cm³/mol. The van der Waals surface area contributed by atoms with Gasteiger partial charge in [-0.25, -0.2) is 0 Å². The number of hydrogen-bond donors (Lipinski definition) is 1. The second-order valence-corrected chi connectivity index (χ2v) is 5.46. The molecule has 0 saturated heterocycles. The molecule has 96 valence electrons. The van der Waals surface area contributed by atoms with E-state index in [4.69, 9.17) is 27.9 Å². The van der Waals surface area contributed by atoms with E-state index >= 15 is 0 Å². The molecule has 0 amide bonds. The monoisotopic (exact) mass is 275 g/mol. The summed E-state index contributed by atoms with van der Waals surface area (Å²) < 4.78 is 5.00. The van der Waals surface area contributed by atoms with Crippen LogP contribution in [0.1, 0.15) is 19.4 Å². The molecule has 1 aromatic rings. The summed E-state index contributed by atoms with van der Waals surface area (Å²) in [6.07, 6.45) is 0. The SMILES string of the molecule is COCCNCC(C)(C)c1c(Cl)cccc1Cl. The summed E-state index contributed by atoms with van der Waals surface area (Å²) in [6.45, 7) is 6.58. The Balaban J connectivity index is 2.75. The van der Waals surface area contributed by atoms with Crippen LogP contribution in [-0.2, 0) is 10.2 Å². The average molecular weight is 276 g/mol. The van der Waals surface area contributed by atoms with Crippen LogP contribution < -0.4 is 5.32 Å². The first-order valence-corrected chi connectivity index (χ1v) is 6.39. The maximum atomic E-state index is 6.22. The smallest absolute Gasteiger partial charge is 0.0587 e. The molecule has 0 fully saturated rings. The van der Waals surface area contributed by atoms with E-state index in [1.165, 1.54) is 0 Å². The van der Waals surface area contributed by atoms with E-state index in [1.807, 2.05) is 18.2 Å². The highest BCUT2D eigenvalue weighted by molar-refractivity contribution is 6.36. The number of hydrogen-bond acceptors (Lipinski definition) is 2. The van der Waals surface area contributed by atoms with E-state index in [0.717, 1.165) is 28.7 Å². The number of rotatable bonds is 6. The van der Waals surface area contributed by atoms with Gasteiger partial charge < -0.3 is 10.1 Å². The number of halogens is 2. The van der Waals surface area contributed by atoms with Gasteiger partial charge in [0.05, 0.1) is 6.61 Å². The molecule has 0 aliphatic heterocycles. The lowest BCUT2D eigenvalue weighted by molar-refractivity contribution is 0.197. The van der Waals surface area contributed by atoms with E-state index in [2.05, 4.69) is 19.2 Å². The third-order valence-corrected chi connectivity index (χ3v) is 3.32. The summed E-state index contributed by atoms with van der Waals surface area (Å²) in [6, 6.07) is 5.61. The standard InChI is InChI=1S/C13H19Cl2NO/c1-13(2,9-16-7-8-17-3)12-10(14)5-4-6-11(12)15/h4-6,16H,7-9H2,1-3H3. The van der Waals surface area contributed by atoms with E-state index in [1.54, 1.807) is 7.11 Å². The molecule has 0 unspecified atom stereocenters. The summed E-state index contributed by atoms with van der Waals surface area (Å²) >= 11 is 12.4. The van der Waals surface area contributed by atoms with E-state index in [0.29, 0.717) is 6.61 Å². The quantitative estimate of drug-likeness (QED) is 0.803. The summed E-state index contributed by atoms with van der Waals surface area (Å²) in [5, 5.41) is 4.77.